The number of methoxy groups -OCH3 is 1. The second kappa shape index (κ2) is 9.07. The first-order valence-corrected chi connectivity index (χ1v) is 11.3. The van der Waals surface area contributed by atoms with E-state index in [0.29, 0.717) is 31.9 Å². The van der Waals surface area contributed by atoms with E-state index in [1.54, 1.807) is 38.1 Å². The highest BCUT2D eigenvalue weighted by molar-refractivity contribution is 7.07. The monoisotopic (exact) mass is 464 g/mol. The molecule has 4 rings (SSSR count). The minimum absolute atomic E-state index is 0.0516. The molecule has 1 aromatic heterocycles. The Morgan fingerprint density at radius 2 is 1.94 bits per heavy atom. The van der Waals surface area contributed by atoms with Crippen molar-refractivity contribution in [2.24, 2.45) is 4.99 Å². The van der Waals surface area contributed by atoms with Crippen LogP contribution in [0.3, 0.4) is 0 Å². The number of aryl methyl sites for hydroxylation is 1. The van der Waals surface area contributed by atoms with Crippen LogP contribution in [0.5, 0.6) is 11.5 Å². The number of esters is 1. The van der Waals surface area contributed by atoms with Crippen molar-refractivity contribution in [3.05, 3.63) is 90.1 Å². The van der Waals surface area contributed by atoms with Crippen LogP contribution in [0.15, 0.2) is 63.5 Å². The highest BCUT2D eigenvalue weighted by atomic mass is 32.1. The number of fused-ring (bicyclic) bond motifs is 1. The minimum atomic E-state index is -0.665. The number of hydrogen-bond donors (Lipinski definition) is 1. The van der Waals surface area contributed by atoms with Crippen molar-refractivity contribution in [1.29, 1.82) is 0 Å². The molecule has 0 amide bonds. The fourth-order valence-electron chi connectivity index (χ4n) is 3.82. The number of carbonyl (C=O) groups is 1. The summed E-state index contributed by atoms with van der Waals surface area (Å²) in [5, 5.41) is 10.5. The third kappa shape index (κ3) is 4.09. The zero-order chi connectivity index (χ0) is 23.7. The van der Waals surface area contributed by atoms with Gasteiger partial charge in [-0.25, -0.2) is 9.79 Å². The van der Waals surface area contributed by atoms with Crippen molar-refractivity contribution in [2.45, 2.75) is 26.8 Å². The lowest BCUT2D eigenvalue weighted by Crippen LogP contribution is -2.39. The maximum Gasteiger partial charge on any atom is 0.338 e. The van der Waals surface area contributed by atoms with Gasteiger partial charge in [0, 0.05) is 5.56 Å². The highest BCUT2D eigenvalue weighted by Crippen LogP contribution is 2.31. The Morgan fingerprint density at radius 3 is 2.61 bits per heavy atom. The summed E-state index contributed by atoms with van der Waals surface area (Å²) in [6, 6.07) is 12.1. The molecular formula is C25H24N2O5S. The summed E-state index contributed by atoms with van der Waals surface area (Å²) in [6.07, 6.45) is 1.61. The molecule has 2 aromatic carbocycles. The van der Waals surface area contributed by atoms with Gasteiger partial charge in [-0.3, -0.25) is 9.36 Å². The van der Waals surface area contributed by atoms with Crippen LogP contribution in [0, 0.1) is 6.92 Å². The maximum absolute atomic E-state index is 13.6. The molecule has 2 heterocycles. The third-order valence-corrected chi connectivity index (χ3v) is 6.43. The van der Waals surface area contributed by atoms with Gasteiger partial charge in [0.1, 0.15) is 0 Å². The lowest BCUT2D eigenvalue weighted by Gasteiger charge is -2.24. The molecule has 3 aromatic rings. The van der Waals surface area contributed by atoms with Crippen LogP contribution in [0.25, 0.3) is 6.08 Å². The van der Waals surface area contributed by atoms with E-state index in [9.17, 15) is 14.7 Å². The number of allylic oxidation sites excluding steroid dienone is 1. The van der Waals surface area contributed by atoms with Gasteiger partial charge in [0.05, 0.1) is 35.6 Å². The van der Waals surface area contributed by atoms with Gasteiger partial charge in [0.15, 0.2) is 16.3 Å². The van der Waals surface area contributed by atoms with Crippen LogP contribution in [-0.2, 0) is 9.53 Å². The second-order valence-electron chi connectivity index (χ2n) is 7.61. The average Bonchev–Trinajstić information content (AvgIpc) is 3.09. The largest absolute Gasteiger partial charge is 0.504 e. The van der Waals surface area contributed by atoms with Gasteiger partial charge in [-0.15, -0.1) is 0 Å². The lowest BCUT2D eigenvalue weighted by atomic mass is 9.95. The fraction of sp³-hybridized carbons (Fsp3) is 0.240. The van der Waals surface area contributed by atoms with E-state index in [0.717, 1.165) is 11.1 Å². The molecule has 1 atom stereocenters. The van der Waals surface area contributed by atoms with Gasteiger partial charge in [-0.05, 0) is 38.5 Å². The van der Waals surface area contributed by atoms with Crippen molar-refractivity contribution in [3.63, 3.8) is 0 Å². The van der Waals surface area contributed by atoms with Gasteiger partial charge in [-0.2, -0.15) is 0 Å². The number of phenolic OH excluding ortho intramolecular Hbond substituents is 1. The highest BCUT2D eigenvalue weighted by Gasteiger charge is 2.33. The maximum atomic E-state index is 13.6. The van der Waals surface area contributed by atoms with Crippen LogP contribution >= 0.6 is 11.3 Å². The smallest absolute Gasteiger partial charge is 0.338 e. The van der Waals surface area contributed by atoms with E-state index in [2.05, 4.69) is 4.99 Å². The Morgan fingerprint density at radius 1 is 1.21 bits per heavy atom. The zero-order valence-electron chi connectivity index (χ0n) is 18.8. The number of phenols is 1. The Bertz CT molecular complexity index is 1430. The molecule has 0 unspecified atom stereocenters. The molecule has 0 saturated heterocycles. The van der Waals surface area contributed by atoms with Crippen LogP contribution in [0.2, 0.25) is 0 Å². The molecule has 0 spiro atoms. The number of rotatable bonds is 5. The van der Waals surface area contributed by atoms with Crippen LogP contribution in [0.1, 0.15) is 36.6 Å². The van der Waals surface area contributed by atoms with E-state index in [-0.39, 0.29) is 17.9 Å². The number of carbonyl (C=O) groups excluding carboxylic acids is 1. The molecule has 33 heavy (non-hydrogen) atoms. The van der Waals surface area contributed by atoms with Crippen molar-refractivity contribution in [2.75, 3.05) is 13.7 Å². The summed E-state index contributed by atoms with van der Waals surface area (Å²) in [4.78, 5) is 31.5. The van der Waals surface area contributed by atoms with E-state index in [1.165, 1.54) is 23.0 Å². The number of hydrogen-bond acceptors (Lipinski definition) is 7. The van der Waals surface area contributed by atoms with Gasteiger partial charge >= 0.3 is 5.97 Å². The van der Waals surface area contributed by atoms with Crippen molar-refractivity contribution >= 4 is 23.4 Å². The first kappa shape index (κ1) is 22.5. The van der Waals surface area contributed by atoms with Crippen molar-refractivity contribution in [1.82, 2.24) is 4.57 Å². The standard InChI is InChI=1S/C25H24N2O5S/c1-5-32-24(30)20-15(3)26-25-27(21(20)16-11-9-14(2)10-12-16)23(29)19(33-25)13-17-7-6-8-18(31-4)22(17)28/h6-13,21,28H,5H2,1-4H3/b19-13-/t21-/m0/s1. The Hall–Kier alpha value is -3.65. The van der Waals surface area contributed by atoms with E-state index in [1.807, 2.05) is 31.2 Å². The topological polar surface area (TPSA) is 90.1 Å². The third-order valence-electron chi connectivity index (χ3n) is 5.45. The van der Waals surface area contributed by atoms with Crippen LogP contribution in [0.4, 0.5) is 0 Å². The molecular weight excluding hydrogens is 440 g/mol. The quantitative estimate of drug-likeness (QED) is 0.587. The summed E-state index contributed by atoms with van der Waals surface area (Å²) in [5.41, 5.74) is 2.85. The fourth-order valence-corrected chi connectivity index (χ4v) is 4.85. The zero-order valence-corrected chi connectivity index (χ0v) is 19.6. The first-order valence-electron chi connectivity index (χ1n) is 10.5. The summed E-state index contributed by atoms with van der Waals surface area (Å²) in [5.74, 6) is -0.233. The van der Waals surface area contributed by atoms with Crippen molar-refractivity contribution < 1.29 is 19.4 Å². The van der Waals surface area contributed by atoms with Crippen LogP contribution < -0.4 is 19.6 Å². The van der Waals surface area contributed by atoms with Gasteiger partial charge < -0.3 is 14.6 Å². The van der Waals surface area contributed by atoms with Gasteiger partial charge in [0.25, 0.3) is 5.56 Å². The van der Waals surface area contributed by atoms with Gasteiger partial charge in [-0.1, -0.05) is 53.3 Å². The molecule has 7 nitrogen and oxygen atoms in total. The predicted octanol–water partition coefficient (Wildman–Crippen LogP) is 2.82. The molecule has 0 aliphatic carbocycles. The van der Waals surface area contributed by atoms with Gasteiger partial charge in [0.2, 0.25) is 0 Å². The molecule has 0 saturated carbocycles. The van der Waals surface area contributed by atoms with Crippen molar-refractivity contribution in [3.8, 4) is 11.5 Å². The number of ether oxygens (including phenoxy) is 2. The lowest BCUT2D eigenvalue weighted by molar-refractivity contribution is -0.139. The Balaban J connectivity index is 1.96. The number of nitrogens with zero attached hydrogens (tertiary/aromatic N) is 2. The minimum Gasteiger partial charge on any atom is -0.504 e. The number of aromatic hydroxyl groups is 1. The average molecular weight is 465 g/mol. The molecule has 1 aliphatic rings. The number of thiazole rings is 1. The van der Waals surface area contributed by atoms with Crippen LogP contribution in [-0.4, -0.2) is 29.4 Å². The Labute approximate surface area is 194 Å². The summed E-state index contributed by atoms with van der Waals surface area (Å²) in [6.45, 7) is 5.68. The summed E-state index contributed by atoms with van der Waals surface area (Å²) >= 11 is 1.20. The molecule has 1 N–H and O–H groups in total. The predicted molar refractivity (Wildman–Crippen MR) is 126 cm³/mol. The molecule has 0 fully saturated rings. The first-order chi connectivity index (χ1) is 15.8. The van der Waals surface area contributed by atoms with E-state index < -0.39 is 12.0 Å². The molecule has 8 heteroatoms. The number of aromatic nitrogens is 1. The molecule has 0 radical (unpaired) electrons. The van der Waals surface area contributed by atoms with E-state index in [4.69, 9.17) is 9.47 Å². The van der Waals surface area contributed by atoms with E-state index >= 15 is 0 Å². The summed E-state index contributed by atoms with van der Waals surface area (Å²) < 4.78 is 12.4. The number of benzene rings is 2. The molecule has 170 valence electrons. The Kier molecular flexibility index (Phi) is 6.20. The molecule has 0 bridgehead atoms. The summed E-state index contributed by atoms with van der Waals surface area (Å²) in [7, 11) is 1.47. The molecule has 1 aliphatic heterocycles. The SMILES string of the molecule is CCOC(=O)C1=C(C)N=c2s/c(=C\c3cccc(OC)c3O)c(=O)n2[C@H]1c1ccc(C)cc1. The normalized spacial score (nSPS) is 15.8. The second-order valence-corrected chi connectivity index (χ2v) is 8.62. The number of para-hydroxylation sites is 1.